The Morgan fingerprint density at radius 3 is 2.24 bits per heavy atom. The summed E-state index contributed by atoms with van der Waals surface area (Å²) in [6, 6.07) is 4.41. The highest BCUT2D eigenvalue weighted by molar-refractivity contribution is 7.99. The summed E-state index contributed by atoms with van der Waals surface area (Å²) < 4.78 is 11.0. The third-order valence-electron chi connectivity index (χ3n) is 4.00. The number of nitrogens with zero attached hydrogens (tertiary/aromatic N) is 2. The molecule has 2 rings (SSSR count). The van der Waals surface area contributed by atoms with Crippen LogP contribution in [0, 0.1) is 20.8 Å². The van der Waals surface area contributed by atoms with Gasteiger partial charge in [-0.25, -0.2) is 14.8 Å². The van der Waals surface area contributed by atoms with Crippen molar-refractivity contribution in [1.29, 1.82) is 0 Å². The van der Waals surface area contributed by atoms with Gasteiger partial charge in [-0.2, -0.15) is 0 Å². The average molecular weight is 419 g/mol. The molecule has 0 spiro atoms. The summed E-state index contributed by atoms with van der Waals surface area (Å²) in [5.41, 5.74) is 3.26. The van der Waals surface area contributed by atoms with E-state index in [1.165, 1.54) is 11.8 Å². The molecule has 8 nitrogen and oxygen atoms in total. The number of aromatic nitrogens is 2. The number of anilines is 1. The number of ether oxygens (including phenoxy) is 2. The van der Waals surface area contributed by atoms with Gasteiger partial charge in [-0.05, 0) is 52.3 Å². The monoisotopic (exact) mass is 418 g/mol. The van der Waals surface area contributed by atoms with Crippen LogP contribution in [0.25, 0.3) is 0 Å². The fourth-order valence-electron chi connectivity index (χ4n) is 2.39. The van der Waals surface area contributed by atoms with E-state index in [9.17, 15) is 9.59 Å². The Morgan fingerprint density at radius 1 is 1.00 bits per heavy atom. The summed E-state index contributed by atoms with van der Waals surface area (Å²) in [7, 11) is 0. The lowest BCUT2D eigenvalue weighted by atomic mass is 10.2. The van der Waals surface area contributed by atoms with Crippen LogP contribution >= 0.6 is 11.8 Å². The number of aryl methyl sites for hydroxylation is 2. The van der Waals surface area contributed by atoms with Crippen molar-refractivity contribution in [3.8, 4) is 11.5 Å². The molecule has 0 radical (unpaired) electrons. The first-order valence-electron chi connectivity index (χ1n) is 9.29. The molecule has 29 heavy (non-hydrogen) atoms. The minimum absolute atomic E-state index is 0.0306. The Balaban J connectivity index is 1.91. The number of nitrogens with one attached hydrogen (secondary N) is 2. The molecule has 0 aliphatic rings. The fraction of sp³-hybridized carbons (Fsp3) is 0.400. The van der Waals surface area contributed by atoms with Crippen LogP contribution in [0.3, 0.4) is 0 Å². The molecule has 0 saturated heterocycles. The van der Waals surface area contributed by atoms with Crippen molar-refractivity contribution < 1.29 is 19.1 Å². The number of carbonyl (C=O) groups is 2. The Bertz CT molecular complexity index is 866. The van der Waals surface area contributed by atoms with E-state index in [0.717, 1.165) is 17.0 Å². The highest BCUT2D eigenvalue weighted by atomic mass is 32.2. The van der Waals surface area contributed by atoms with Crippen molar-refractivity contribution in [3.05, 3.63) is 35.2 Å². The standard InChI is InChI=1S/C20H26N4O4S/c1-6-27-16-9-8-15(10-17(16)28-7-2)23-19(26)24-18(25)11-29-20-21-13(4)12(3)14(5)22-20/h8-10H,6-7,11H2,1-5H3,(H2,23,24,25,26). The van der Waals surface area contributed by atoms with Gasteiger partial charge in [0.25, 0.3) is 0 Å². The molecule has 0 unspecified atom stereocenters. The average Bonchev–Trinajstić information content (AvgIpc) is 2.66. The summed E-state index contributed by atoms with van der Waals surface area (Å²) in [6.07, 6.45) is 0. The van der Waals surface area contributed by atoms with Gasteiger partial charge in [-0.1, -0.05) is 11.8 Å². The quantitative estimate of drug-likeness (QED) is 0.498. The summed E-state index contributed by atoms with van der Waals surface area (Å²) in [6.45, 7) is 10.5. The SMILES string of the molecule is CCOc1ccc(NC(=O)NC(=O)CSc2nc(C)c(C)c(C)n2)cc1OCC. The number of rotatable bonds is 8. The van der Waals surface area contributed by atoms with Crippen LogP contribution in [0.15, 0.2) is 23.4 Å². The minimum Gasteiger partial charge on any atom is -0.490 e. The molecule has 2 N–H and O–H groups in total. The molecule has 0 fully saturated rings. The van der Waals surface area contributed by atoms with Crippen molar-refractivity contribution in [2.75, 3.05) is 24.3 Å². The zero-order valence-corrected chi connectivity index (χ0v) is 18.1. The van der Waals surface area contributed by atoms with Crippen LogP contribution < -0.4 is 20.1 Å². The third-order valence-corrected chi connectivity index (χ3v) is 4.85. The van der Waals surface area contributed by atoms with Gasteiger partial charge < -0.3 is 14.8 Å². The predicted molar refractivity (Wildman–Crippen MR) is 113 cm³/mol. The van der Waals surface area contributed by atoms with E-state index >= 15 is 0 Å². The number of urea groups is 1. The normalized spacial score (nSPS) is 10.4. The maximum absolute atomic E-state index is 12.1. The van der Waals surface area contributed by atoms with E-state index in [0.29, 0.717) is 35.6 Å². The van der Waals surface area contributed by atoms with Gasteiger partial charge >= 0.3 is 6.03 Å². The molecule has 9 heteroatoms. The predicted octanol–water partition coefficient (Wildman–Crippen LogP) is 3.64. The van der Waals surface area contributed by atoms with Crippen molar-refractivity contribution in [3.63, 3.8) is 0 Å². The molecular formula is C20H26N4O4S. The van der Waals surface area contributed by atoms with Gasteiger partial charge in [0, 0.05) is 23.1 Å². The summed E-state index contributed by atoms with van der Waals surface area (Å²) in [5, 5.41) is 5.42. The molecule has 0 aliphatic carbocycles. The van der Waals surface area contributed by atoms with Crippen molar-refractivity contribution in [2.45, 2.75) is 39.8 Å². The minimum atomic E-state index is -0.626. The Morgan fingerprint density at radius 2 is 1.62 bits per heavy atom. The fourth-order valence-corrected chi connectivity index (χ4v) is 3.13. The number of thioether (sulfide) groups is 1. The molecule has 1 heterocycles. The first-order valence-corrected chi connectivity index (χ1v) is 10.3. The molecule has 0 saturated carbocycles. The van der Waals surface area contributed by atoms with Crippen molar-refractivity contribution >= 4 is 29.4 Å². The molecule has 156 valence electrons. The second kappa shape index (κ2) is 10.7. The molecule has 2 aromatic rings. The van der Waals surface area contributed by atoms with Crippen LogP contribution in [0.5, 0.6) is 11.5 Å². The van der Waals surface area contributed by atoms with Gasteiger partial charge in [0.05, 0.1) is 19.0 Å². The molecule has 1 aromatic carbocycles. The zero-order chi connectivity index (χ0) is 21.4. The molecule has 3 amide bonds. The van der Waals surface area contributed by atoms with Gasteiger partial charge in [0.2, 0.25) is 5.91 Å². The van der Waals surface area contributed by atoms with E-state index < -0.39 is 11.9 Å². The van der Waals surface area contributed by atoms with Gasteiger partial charge in [0.1, 0.15) is 0 Å². The largest absolute Gasteiger partial charge is 0.490 e. The van der Waals surface area contributed by atoms with Crippen LogP contribution in [0.1, 0.15) is 30.8 Å². The number of amides is 3. The van der Waals surface area contributed by atoms with Crippen molar-refractivity contribution in [2.24, 2.45) is 0 Å². The number of hydrogen-bond donors (Lipinski definition) is 2. The van der Waals surface area contributed by atoms with E-state index in [1.807, 2.05) is 34.6 Å². The van der Waals surface area contributed by atoms with Gasteiger partial charge in [0.15, 0.2) is 16.7 Å². The number of imide groups is 1. The van der Waals surface area contributed by atoms with Crippen molar-refractivity contribution in [1.82, 2.24) is 15.3 Å². The smallest absolute Gasteiger partial charge is 0.325 e. The number of hydrogen-bond acceptors (Lipinski definition) is 7. The lowest BCUT2D eigenvalue weighted by Gasteiger charge is -2.13. The molecule has 1 aromatic heterocycles. The third kappa shape index (κ3) is 6.63. The lowest BCUT2D eigenvalue weighted by Crippen LogP contribution is -2.35. The van der Waals surface area contributed by atoms with E-state index in [1.54, 1.807) is 18.2 Å². The highest BCUT2D eigenvalue weighted by Crippen LogP contribution is 2.30. The van der Waals surface area contributed by atoms with Gasteiger partial charge in [-0.15, -0.1) is 0 Å². The second-order valence-corrected chi connectivity index (χ2v) is 7.06. The molecule has 0 atom stereocenters. The van der Waals surface area contributed by atoms with Crippen LogP contribution in [-0.4, -0.2) is 40.9 Å². The summed E-state index contributed by atoms with van der Waals surface area (Å²) >= 11 is 1.18. The lowest BCUT2D eigenvalue weighted by molar-refractivity contribution is -0.117. The maximum atomic E-state index is 12.1. The highest BCUT2D eigenvalue weighted by Gasteiger charge is 2.13. The van der Waals surface area contributed by atoms with Crippen LogP contribution in [0.4, 0.5) is 10.5 Å². The van der Waals surface area contributed by atoms with Crippen LogP contribution in [0.2, 0.25) is 0 Å². The first kappa shape index (κ1) is 22.5. The number of carbonyl (C=O) groups excluding carboxylic acids is 2. The van der Waals surface area contributed by atoms with E-state index in [-0.39, 0.29) is 5.75 Å². The Kier molecular flexibility index (Phi) is 8.26. The Labute approximate surface area is 174 Å². The molecule has 0 bridgehead atoms. The van der Waals surface area contributed by atoms with Crippen LogP contribution in [-0.2, 0) is 4.79 Å². The Hall–Kier alpha value is -2.81. The van der Waals surface area contributed by atoms with Gasteiger partial charge in [-0.3, -0.25) is 10.1 Å². The number of benzene rings is 1. The summed E-state index contributed by atoms with van der Waals surface area (Å²) in [4.78, 5) is 32.9. The topological polar surface area (TPSA) is 102 Å². The zero-order valence-electron chi connectivity index (χ0n) is 17.3. The molecular weight excluding hydrogens is 392 g/mol. The first-order chi connectivity index (χ1) is 13.8. The van der Waals surface area contributed by atoms with E-state index in [2.05, 4.69) is 20.6 Å². The summed E-state index contributed by atoms with van der Waals surface area (Å²) in [5.74, 6) is 0.707. The second-order valence-electron chi connectivity index (χ2n) is 6.12. The van der Waals surface area contributed by atoms with E-state index in [4.69, 9.17) is 9.47 Å². The maximum Gasteiger partial charge on any atom is 0.325 e. The molecule has 0 aliphatic heterocycles.